The van der Waals surface area contributed by atoms with Crippen molar-refractivity contribution in [3.05, 3.63) is 12.2 Å². The summed E-state index contributed by atoms with van der Waals surface area (Å²) in [5.41, 5.74) is -0.905. The number of hydrogen-bond acceptors (Lipinski definition) is 4. The second-order valence-corrected chi connectivity index (χ2v) is 2.60. The minimum atomic E-state index is -0.905. The lowest BCUT2D eigenvalue weighted by Crippen LogP contribution is -2.24. The SMILES string of the molecule is O=C=NC1(N=C=O)CC=CCC1. The molecule has 0 spiro atoms. The van der Waals surface area contributed by atoms with E-state index in [0.29, 0.717) is 12.8 Å². The van der Waals surface area contributed by atoms with Gasteiger partial charge in [-0.2, -0.15) is 9.98 Å². The van der Waals surface area contributed by atoms with Crippen molar-refractivity contribution in [2.75, 3.05) is 0 Å². The number of hydrogen-bond donors (Lipinski definition) is 0. The number of nitrogens with zero attached hydrogens (tertiary/aromatic N) is 2. The highest BCUT2D eigenvalue weighted by atomic mass is 16.1. The molecule has 0 amide bonds. The summed E-state index contributed by atoms with van der Waals surface area (Å²) in [6.45, 7) is 0. The van der Waals surface area contributed by atoms with Crippen LogP contribution in [-0.4, -0.2) is 17.8 Å². The maximum Gasteiger partial charge on any atom is 0.237 e. The Hall–Kier alpha value is -1.50. The average molecular weight is 164 g/mol. The lowest BCUT2D eigenvalue weighted by molar-refractivity contribution is 0.402. The van der Waals surface area contributed by atoms with E-state index in [1.165, 1.54) is 12.2 Å². The lowest BCUT2D eigenvalue weighted by Gasteiger charge is -2.22. The molecule has 1 aliphatic carbocycles. The summed E-state index contributed by atoms with van der Waals surface area (Å²) in [7, 11) is 0. The van der Waals surface area contributed by atoms with Crippen LogP contribution in [-0.2, 0) is 9.59 Å². The van der Waals surface area contributed by atoms with E-state index >= 15 is 0 Å². The van der Waals surface area contributed by atoms with Crippen LogP contribution < -0.4 is 0 Å². The maximum absolute atomic E-state index is 10.0. The van der Waals surface area contributed by atoms with Crippen LogP contribution in [0.4, 0.5) is 0 Å². The van der Waals surface area contributed by atoms with Crippen molar-refractivity contribution in [2.45, 2.75) is 24.9 Å². The first kappa shape index (κ1) is 8.60. The van der Waals surface area contributed by atoms with E-state index in [1.54, 1.807) is 0 Å². The Kier molecular flexibility index (Phi) is 2.70. The fourth-order valence-electron chi connectivity index (χ4n) is 1.20. The van der Waals surface area contributed by atoms with E-state index < -0.39 is 5.66 Å². The largest absolute Gasteiger partial charge is 0.237 e. The number of allylic oxidation sites excluding steroid dienone is 1. The fourth-order valence-corrected chi connectivity index (χ4v) is 1.20. The van der Waals surface area contributed by atoms with Crippen LogP contribution in [0.1, 0.15) is 19.3 Å². The van der Waals surface area contributed by atoms with Gasteiger partial charge < -0.3 is 0 Å². The van der Waals surface area contributed by atoms with Crippen LogP contribution in [0.25, 0.3) is 0 Å². The highest BCUT2D eigenvalue weighted by molar-refractivity contribution is 5.39. The summed E-state index contributed by atoms with van der Waals surface area (Å²) < 4.78 is 0. The smallest absolute Gasteiger partial charge is 0.211 e. The van der Waals surface area contributed by atoms with Crippen molar-refractivity contribution in [3.8, 4) is 0 Å². The normalized spacial score (nSPS) is 27.0. The van der Waals surface area contributed by atoms with Crippen LogP contribution in [0.15, 0.2) is 22.1 Å². The summed E-state index contributed by atoms with van der Waals surface area (Å²) in [5.74, 6) is 0. The molecule has 1 rings (SSSR count). The molecule has 0 aliphatic heterocycles. The zero-order valence-corrected chi connectivity index (χ0v) is 6.49. The van der Waals surface area contributed by atoms with Crippen LogP contribution in [0.5, 0.6) is 0 Å². The minimum Gasteiger partial charge on any atom is -0.211 e. The molecule has 1 aliphatic rings. The van der Waals surface area contributed by atoms with Gasteiger partial charge in [0.2, 0.25) is 12.2 Å². The van der Waals surface area contributed by atoms with Crippen LogP contribution >= 0.6 is 0 Å². The fraction of sp³-hybridized carbons (Fsp3) is 0.500. The minimum absolute atomic E-state index is 0.484. The molecule has 0 atom stereocenters. The summed E-state index contributed by atoms with van der Waals surface area (Å²) in [4.78, 5) is 27.1. The van der Waals surface area contributed by atoms with E-state index in [-0.39, 0.29) is 0 Å². The Labute approximate surface area is 69.7 Å². The second kappa shape index (κ2) is 3.77. The Morgan fingerprint density at radius 1 is 1.17 bits per heavy atom. The Morgan fingerprint density at radius 2 is 1.83 bits per heavy atom. The highest BCUT2D eigenvalue weighted by Crippen LogP contribution is 2.27. The Balaban J connectivity index is 2.92. The Morgan fingerprint density at radius 3 is 2.25 bits per heavy atom. The molecule has 0 aromatic rings. The molecule has 0 aromatic heterocycles. The summed E-state index contributed by atoms with van der Waals surface area (Å²) in [6.07, 6.45) is 8.52. The average Bonchev–Trinajstić information content (AvgIpc) is 2.07. The van der Waals surface area contributed by atoms with Gasteiger partial charge in [-0.05, 0) is 12.8 Å². The molecular formula is C8H8N2O2. The first-order valence-electron chi connectivity index (χ1n) is 3.66. The van der Waals surface area contributed by atoms with Crippen molar-refractivity contribution in [1.29, 1.82) is 0 Å². The zero-order chi connectivity index (χ0) is 8.86. The molecule has 0 unspecified atom stereocenters. The van der Waals surface area contributed by atoms with Crippen molar-refractivity contribution in [3.63, 3.8) is 0 Å². The first-order valence-corrected chi connectivity index (χ1v) is 3.66. The lowest BCUT2D eigenvalue weighted by atomic mass is 9.96. The molecule has 0 bridgehead atoms. The molecule has 0 N–H and O–H groups in total. The third-order valence-corrected chi connectivity index (χ3v) is 1.83. The number of aliphatic imine (C=N–C) groups is 2. The topological polar surface area (TPSA) is 58.9 Å². The van der Waals surface area contributed by atoms with Gasteiger partial charge in [0, 0.05) is 6.42 Å². The molecule has 0 saturated carbocycles. The van der Waals surface area contributed by atoms with E-state index in [1.807, 2.05) is 12.2 Å². The van der Waals surface area contributed by atoms with Crippen molar-refractivity contribution < 1.29 is 9.59 Å². The molecule has 0 aromatic carbocycles. The maximum atomic E-state index is 10.0. The van der Waals surface area contributed by atoms with Gasteiger partial charge in [-0.15, -0.1) is 0 Å². The molecular weight excluding hydrogens is 156 g/mol. The van der Waals surface area contributed by atoms with Gasteiger partial charge in [0.25, 0.3) is 0 Å². The Bertz CT molecular complexity index is 265. The predicted molar refractivity (Wildman–Crippen MR) is 42.0 cm³/mol. The summed E-state index contributed by atoms with van der Waals surface area (Å²) >= 11 is 0. The summed E-state index contributed by atoms with van der Waals surface area (Å²) in [5, 5.41) is 0. The van der Waals surface area contributed by atoms with Crippen LogP contribution in [0, 0.1) is 0 Å². The van der Waals surface area contributed by atoms with Gasteiger partial charge in [-0.25, -0.2) is 9.59 Å². The standard InChI is InChI=1S/C8H8N2O2/c11-6-9-8(10-7-12)4-2-1-3-5-8/h1-2H,3-5H2. The quantitative estimate of drug-likeness (QED) is 0.348. The molecule has 12 heavy (non-hydrogen) atoms. The highest BCUT2D eigenvalue weighted by Gasteiger charge is 2.28. The molecule has 62 valence electrons. The second-order valence-electron chi connectivity index (χ2n) is 2.60. The zero-order valence-electron chi connectivity index (χ0n) is 6.49. The van der Waals surface area contributed by atoms with Gasteiger partial charge in [0.05, 0.1) is 0 Å². The number of rotatable bonds is 2. The summed E-state index contributed by atoms with van der Waals surface area (Å²) in [6, 6.07) is 0. The van der Waals surface area contributed by atoms with E-state index in [0.717, 1.165) is 6.42 Å². The van der Waals surface area contributed by atoms with Crippen molar-refractivity contribution in [2.24, 2.45) is 9.98 Å². The van der Waals surface area contributed by atoms with E-state index in [4.69, 9.17) is 0 Å². The number of isocyanates is 2. The molecule has 0 fully saturated rings. The molecule has 4 nitrogen and oxygen atoms in total. The van der Waals surface area contributed by atoms with Crippen LogP contribution in [0.3, 0.4) is 0 Å². The van der Waals surface area contributed by atoms with E-state index in [2.05, 4.69) is 9.98 Å². The van der Waals surface area contributed by atoms with Crippen molar-refractivity contribution in [1.82, 2.24) is 0 Å². The third kappa shape index (κ3) is 1.76. The first-order chi connectivity index (χ1) is 5.83. The molecule has 0 radical (unpaired) electrons. The number of carbonyl (C=O) groups excluding carboxylic acids is 2. The third-order valence-electron chi connectivity index (χ3n) is 1.83. The molecule has 0 saturated heterocycles. The monoisotopic (exact) mass is 164 g/mol. The molecule has 0 heterocycles. The van der Waals surface area contributed by atoms with Gasteiger partial charge in [-0.1, -0.05) is 12.2 Å². The van der Waals surface area contributed by atoms with Gasteiger partial charge >= 0.3 is 0 Å². The van der Waals surface area contributed by atoms with E-state index in [9.17, 15) is 9.59 Å². The van der Waals surface area contributed by atoms with Gasteiger partial charge in [0.15, 0.2) is 5.66 Å². The predicted octanol–water partition coefficient (Wildman–Crippen LogP) is 1.09. The van der Waals surface area contributed by atoms with Crippen molar-refractivity contribution >= 4 is 12.2 Å². The van der Waals surface area contributed by atoms with Gasteiger partial charge in [-0.3, -0.25) is 0 Å². The molecule has 4 heteroatoms. The van der Waals surface area contributed by atoms with Gasteiger partial charge in [0.1, 0.15) is 0 Å². The van der Waals surface area contributed by atoms with Crippen LogP contribution in [0.2, 0.25) is 0 Å².